The summed E-state index contributed by atoms with van der Waals surface area (Å²) >= 11 is 0. The van der Waals surface area contributed by atoms with Crippen molar-refractivity contribution in [2.75, 3.05) is 12.0 Å². The molecule has 1 aromatic rings. The number of rotatable bonds is 5. The number of aliphatic hydroxyl groups excluding tert-OH is 1. The van der Waals surface area contributed by atoms with Crippen molar-refractivity contribution in [2.45, 2.75) is 13.2 Å². The van der Waals surface area contributed by atoms with Gasteiger partial charge in [0, 0.05) is 12.8 Å². The van der Waals surface area contributed by atoms with E-state index in [1.807, 2.05) is 0 Å². The maximum atomic E-state index is 11.2. The number of benzene rings is 1. The highest BCUT2D eigenvalue weighted by molar-refractivity contribution is 7.91. The van der Waals surface area contributed by atoms with E-state index in [9.17, 15) is 13.2 Å². The molecule has 0 aromatic heterocycles. The van der Waals surface area contributed by atoms with Crippen LogP contribution >= 0.6 is 0 Å². The van der Waals surface area contributed by atoms with E-state index in [2.05, 4.69) is 5.32 Å². The van der Waals surface area contributed by atoms with Crippen LogP contribution in [0.4, 0.5) is 0 Å². The Balaban J connectivity index is 2.47. The van der Waals surface area contributed by atoms with Crippen LogP contribution in [0.1, 0.15) is 11.1 Å². The number of sulfone groups is 1. The minimum absolute atomic E-state index is 0.0271. The summed E-state index contributed by atoms with van der Waals surface area (Å²) in [6, 6.07) is 7.04. The van der Waals surface area contributed by atoms with Crippen LogP contribution < -0.4 is 5.32 Å². The van der Waals surface area contributed by atoms with E-state index in [0.717, 1.165) is 17.4 Å². The van der Waals surface area contributed by atoms with E-state index in [1.165, 1.54) is 0 Å². The third-order valence-corrected chi connectivity index (χ3v) is 2.88. The summed E-state index contributed by atoms with van der Waals surface area (Å²) in [6.45, 7) is 0.251. The molecule has 0 saturated carbocycles. The van der Waals surface area contributed by atoms with Crippen LogP contribution in [0.2, 0.25) is 0 Å². The topological polar surface area (TPSA) is 83.5 Å². The molecule has 0 aliphatic carbocycles. The zero-order valence-electron chi connectivity index (χ0n) is 9.51. The maximum Gasteiger partial charge on any atom is 0.235 e. The monoisotopic (exact) mass is 257 g/mol. The minimum Gasteiger partial charge on any atom is -0.392 e. The molecule has 0 saturated heterocycles. The maximum absolute atomic E-state index is 11.2. The van der Waals surface area contributed by atoms with Crippen LogP contribution in [0.5, 0.6) is 0 Å². The van der Waals surface area contributed by atoms with Crippen molar-refractivity contribution in [3.05, 3.63) is 35.4 Å². The molecule has 94 valence electrons. The van der Waals surface area contributed by atoms with Crippen LogP contribution in [0.15, 0.2) is 24.3 Å². The van der Waals surface area contributed by atoms with Gasteiger partial charge in [0.05, 0.1) is 6.61 Å². The Labute approximate surface area is 100 Å². The highest BCUT2D eigenvalue weighted by Crippen LogP contribution is 2.03. The molecule has 6 heteroatoms. The number of hydrogen-bond acceptors (Lipinski definition) is 4. The largest absolute Gasteiger partial charge is 0.392 e. The Kier molecular flexibility index (Phi) is 4.65. The fourth-order valence-corrected chi connectivity index (χ4v) is 1.83. The van der Waals surface area contributed by atoms with Gasteiger partial charge in [-0.2, -0.15) is 0 Å². The molecule has 0 aliphatic rings. The summed E-state index contributed by atoms with van der Waals surface area (Å²) in [7, 11) is -3.28. The molecule has 0 fully saturated rings. The second kappa shape index (κ2) is 5.79. The molecule has 0 atom stereocenters. The average Bonchev–Trinajstić information content (AvgIpc) is 2.25. The van der Waals surface area contributed by atoms with Gasteiger partial charge in [-0.1, -0.05) is 24.3 Å². The van der Waals surface area contributed by atoms with Crippen LogP contribution in [-0.2, 0) is 27.8 Å². The first-order valence-electron chi connectivity index (χ1n) is 5.04. The number of aliphatic hydroxyl groups is 1. The van der Waals surface area contributed by atoms with Gasteiger partial charge in [0.15, 0.2) is 9.84 Å². The van der Waals surface area contributed by atoms with Gasteiger partial charge < -0.3 is 10.4 Å². The van der Waals surface area contributed by atoms with Gasteiger partial charge in [-0.3, -0.25) is 4.79 Å². The molecule has 5 nitrogen and oxygen atoms in total. The highest BCUT2D eigenvalue weighted by atomic mass is 32.2. The summed E-state index contributed by atoms with van der Waals surface area (Å²) in [5, 5.41) is 11.4. The quantitative estimate of drug-likeness (QED) is 0.767. The summed E-state index contributed by atoms with van der Waals surface area (Å²) in [5.74, 6) is -1.01. The Bertz CT molecular complexity index is 479. The van der Waals surface area contributed by atoms with Crippen molar-refractivity contribution in [1.82, 2.24) is 5.32 Å². The second-order valence-electron chi connectivity index (χ2n) is 3.82. The lowest BCUT2D eigenvalue weighted by atomic mass is 10.1. The van der Waals surface area contributed by atoms with E-state index >= 15 is 0 Å². The van der Waals surface area contributed by atoms with Crippen molar-refractivity contribution >= 4 is 15.7 Å². The number of hydrogen-bond donors (Lipinski definition) is 2. The van der Waals surface area contributed by atoms with Crippen LogP contribution in [0.3, 0.4) is 0 Å². The van der Waals surface area contributed by atoms with Crippen molar-refractivity contribution < 1.29 is 18.3 Å². The minimum atomic E-state index is -3.28. The number of amides is 1. The Morgan fingerprint density at radius 3 is 2.24 bits per heavy atom. The van der Waals surface area contributed by atoms with Gasteiger partial charge in [0.2, 0.25) is 5.91 Å². The summed E-state index contributed by atoms with van der Waals surface area (Å²) in [6.07, 6.45) is 1.02. The lowest BCUT2D eigenvalue weighted by Gasteiger charge is -2.05. The molecule has 0 radical (unpaired) electrons. The molecule has 0 unspecified atom stereocenters. The second-order valence-corrected chi connectivity index (χ2v) is 5.96. The molecule has 1 aromatic carbocycles. The SMILES string of the molecule is CS(=O)(=O)CC(=O)NCc1ccc(CO)cc1. The zero-order chi connectivity index (χ0) is 12.9. The molecular weight excluding hydrogens is 242 g/mol. The Hall–Kier alpha value is -1.40. The van der Waals surface area contributed by atoms with Gasteiger partial charge in [0.25, 0.3) is 0 Å². The highest BCUT2D eigenvalue weighted by Gasteiger charge is 2.09. The standard InChI is InChI=1S/C11H15NO4S/c1-17(15,16)8-11(14)12-6-9-2-4-10(7-13)5-3-9/h2-5,13H,6-8H2,1H3,(H,12,14). The molecule has 0 bridgehead atoms. The summed E-state index contributed by atoms with van der Waals surface area (Å²) in [5.41, 5.74) is 1.64. The Morgan fingerprint density at radius 2 is 1.76 bits per heavy atom. The van der Waals surface area contributed by atoms with E-state index in [4.69, 9.17) is 5.11 Å². The van der Waals surface area contributed by atoms with Crippen molar-refractivity contribution in [1.29, 1.82) is 0 Å². The van der Waals surface area contributed by atoms with Gasteiger partial charge in [-0.05, 0) is 11.1 Å². The first kappa shape index (κ1) is 13.7. The predicted octanol–water partition coefficient (Wildman–Crippen LogP) is -0.160. The van der Waals surface area contributed by atoms with E-state index in [-0.39, 0.29) is 13.2 Å². The molecule has 0 heterocycles. The lowest BCUT2D eigenvalue weighted by molar-refractivity contribution is -0.118. The molecule has 17 heavy (non-hydrogen) atoms. The van der Waals surface area contributed by atoms with E-state index in [1.54, 1.807) is 24.3 Å². The number of carbonyl (C=O) groups excluding carboxylic acids is 1. The molecular formula is C11H15NO4S. The molecule has 1 rings (SSSR count). The molecule has 0 aliphatic heterocycles. The van der Waals surface area contributed by atoms with Gasteiger partial charge >= 0.3 is 0 Å². The molecule has 0 spiro atoms. The van der Waals surface area contributed by atoms with Crippen molar-refractivity contribution in [2.24, 2.45) is 0 Å². The predicted molar refractivity (Wildman–Crippen MR) is 63.9 cm³/mol. The fraction of sp³-hybridized carbons (Fsp3) is 0.364. The third-order valence-electron chi connectivity index (χ3n) is 2.09. The van der Waals surface area contributed by atoms with Crippen LogP contribution in [0.25, 0.3) is 0 Å². The van der Waals surface area contributed by atoms with E-state index < -0.39 is 21.5 Å². The summed E-state index contributed by atoms with van der Waals surface area (Å²) in [4.78, 5) is 11.2. The number of carbonyl (C=O) groups is 1. The van der Waals surface area contributed by atoms with Gasteiger partial charge in [-0.15, -0.1) is 0 Å². The normalized spacial score (nSPS) is 11.2. The average molecular weight is 257 g/mol. The van der Waals surface area contributed by atoms with Gasteiger partial charge in [0.1, 0.15) is 5.75 Å². The fourth-order valence-electron chi connectivity index (χ4n) is 1.25. The van der Waals surface area contributed by atoms with Gasteiger partial charge in [-0.25, -0.2) is 8.42 Å². The van der Waals surface area contributed by atoms with Crippen LogP contribution in [-0.4, -0.2) is 31.4 Å². The Morgan fingerprint density at radius 1 is 1.24 bits per heavy atom. The first-order chi connectivity index (χ1) is 7.90. The van der Waals surface area contributed by atoms with Crippen molar-refractivity contribution in [3.63, 3.8) is 0 Å². The smallest absolute Gasteiger partial charge is 0.235 e. The number of nitrogens with one attached hydrogen (secondary N) is 1. The van der Waals surface area contributed by atoms with E-state index in [0.29, 0.717) is 0 Å². The molecule has 1 amide bonds. The summed E-state index contributed by atoms with van der Waals surface area (Å²) < 4.78 is 21.7. The zero-order valence-corrected chi connectivity index (χ0v) is 10.3. The first-order valence-corrected chi connectivity index (χ1v) is 7.10. The van der Waals surface area contributed by atoms with Crippen molar-refractivity contribution in [3.8, 4) is 0 Å². The third kappa shape index (κ3) is 5.46. The van der Waals surface area contributed by atoms with Crippen LogP contribution in [0, 0.1) is 0 Å². The molecule has 2 N–H and O–H groups in total. The lowest BCUT2D eigenvalue weighted by Crippen LogP contribution is -2.29.